The van der Waals surface area contributed by atoms with E-state index in [1.807, 2.05) is 6.07 Å². The lowest BCUT2D eigenvalue weighted by atomic mass is 10.2. The summed E-state index contributed by atoms with van der Waals surface area (Å²) in [5.41, 5.74) is 0.562. The molecule has 2 amide bonds. The van der Waals surface area contributed by atoms with Crippen molar-refractivity contribution in [3.8, 4) is 0 Å². The Hall–Kier alpha value is -2.21. The Labute approximate surface area is 114 Å². The van der Waals surface area contributed by atoms with Gasteiger partial charge in [-0.3, -0.25) is 9.59 Å². The number of carbonyl (C=O) groups excluding carboxylic acids is 2. The minimum Gasteiger partial charge on any atom is -0.332 e. The molecule has 98 valence electrons. The fourth-order valence-electron chi connectivity index (χ4n) is 1.53. The molecule has 0 bridgehead atoms. The van der Waals surface area contributed by atoms with Crippen LogP contribution < -0.4 is 5.32 Å². The van der Waals surface area contributed by atoms with Gasteiger partial charge in [-0.2, -0.15) is 0 Å². The number of thiazole rings is 1. The van der Waals surface area contributed by atoms with Gasteiger partial charge < -0.3 is 10.2 Å². The molecule has 2 aromatic rings. The molecule has 1 N–H and O–H groups in total. The highest BCUT2D eigenvalue weighted by atomic mass is 32.1. The van der Waals surface area contributed by atoms with E-state index in [4.69, 9.17) is 0 Å². The van der Waals surface area contributed by atoms with E-state index in [1.54, 1.807) is 42.9 Å². The van der Waals surface area contributed by atoms with Gasteiger partial charge in [0.1, 0.15) is 0 Å². The van der Waals surface area contributed by atoms with Crippen LogP contribution in [0.4, 0.5) is 5.13 Å². The van der Waals surface area contributed by atoms with E-state index in [2.05, 4.69) is 10.3 Å². The van der Waals surface area contributed by atoms with E-state index in [9.17, 15) is 9.59 Å². The minimum absolute atomic E-state index is 0.00664. The van der Waals surface area contributed by atoms with Crippen molar-refractivity contribution in [2.24, 2.45) is 0 Å². The van der Waals surface area contributed by atoms with Crippen molar-refractivity contribution in [2.75, 3.05) is 18.9 Å². The Morgan fingerprint density at radius 3 is 2.68 bits per heavy atom. The van der Waals surface area contributed by atoms with Crippen LogP contribution in [0.3, 0.4) is 0 Å². The third-order valence-corrected chi connectivity index (χ3v) is 3.12. The molecule has 0 atom stereocenters. The number of aromatic nitrogens is 1. The monoisotopic (exact) mass is 275 g/mol. The predicted molar refractivity (Wildman–Crippen MR) is 74.1 cm³/mol. The summed E-state index contributed by atoms with van der Waals surface area (Å²) < 4.78 is 0. The van der Waals surface area contributed by atoms with Crippen LogP contribution in [0.5, 0.6) is 0 Å². The third-order valence-electron chi connectivity index (χ3n) is 2.43. The maximum absolute atomic E-state index is 12.0. The number of carbonyl (C=O) groups is 2. The Bertz CT molecular complexity index is 555. The van der Waals surface area contributed by atoms with Crippen molar-refractivity contribution in [1.82, 2.24) is 9.88 Å². The maximum atomic E-state index is 12.0. The summed E-state index contributed by atoms with van der Waals surface area (Å²) >= 11 is 1.34. The number of nitrogens with zero attached hydrogens (tertiary/aromatic N) is 2. The molecular formula is C13H13N3O2S. The highest BCUT2D eigenvalue weighted by Crippen LogP contribution is 2.10. The summed E-state index contributed by atoms with van der Waals surface area (Å²) in [4.78, 5) is 29.1. The van der Waals surface area contributed by atoms with Gasteiger partial charge in [0.15, 0.2) is 5.13 Å². The van der Waals surface area contributed by atoms with Gasteiger partial charge in [0.25, 0.3) is 5.91 Å². The number of hydrogen-bond donors (Lipinski definition) is 1. The van der Waals surface area contributed by atoms with Gasteiger partial charge in [0.05, 0.1) is 6.54 Å². The second kappa shape index (κ2) is 6.10. The first-order valence-electron chi connectivity index (χ1n) is 5.66. The molecule has 0 saturated heterocycles. The lowest BCUT2D eigenvalue weighted by Crippen LogP contribution is -2.34. The first-order chi connectivity index (χ1) is 9.16. The molecule has 0 radical (unpaired) electrons. The predicted octanol–water partition coefficient (Wildman–Crippen LogP) is 1.85. The molecule has 0 aliphatic rings. The van der Waals surface area contributed by atoms with Crippen LogP contribution in [-0.4, -0.2) is 35.3 Å². The van der Waals surface area contributed by atoms with E-state index in [-0.39, 0.29) is 18.4 Å². The van der Waals surface area contributed by atoms with Gasteiger partial charge in [0.2, 0.25) is 5.91 Å². The van der Waals surface area contributed by atoms with Gasteiger partial charge in [-0.05, 0) is 12.1 Å². The molecule has 6 heteroatoms. The molecule has 2 rings (SSSR count). The second-order valence-electron chi connectivity index (χ2n) is 3.91. The lowest BCUT2D eigenvalue weighted by molar-refractivity contribution is -0.116. The molecule has 1 aromatic heterocycles. The Kier molecular flexibility index (Phi) is 4.25. The summed E-state index contributed by atoms with van der Waals surface area (Å²) in [5, 5.41) is 4.94. The highest BCUT2D eigenvalue weighted by molar-refractivity contribution is 7.13. The van der Waals surface area contributed by atoms with Crippen LogP contribution in [0.25, 0.3) is 0 Å². The van der Waals surface area contributed by atoms with Crippen molar-refractivity contribution in [3.05, 3.63) is 47.5 Å². The standard InChI is InChI=1S/C13H13N3O2S/c1-16(12(18)10-5-3-2-4-6-10)9-11(17)15-13-14-7-8-19-13/h2-8H,9H2,1H3,(H,14,15,17). The molecule has 0 saturated carbocycles. The Morgan fingerprint density at radius 1 is 1.32 bits per heavy atom. The molecule has 19 heavy (non-hydrogen) atoms. The first-order valence-corrected chi connectivity index (χ1v) is 6.54. The summed E-state index contributed by atoms with van der Waals surface area (Å²) in [6.45, 7) is -0.00664. The van der Waals surface area contributed by atoms with Crippen molar-refractivity contribution in [3.63, 3.8) is 0 Å². The Balaban J connectivity index is 1.92. The maximum Gasteiger partial charge on any atom is 0.254 e. The number of nitrogens with one attached hydrogen (secondary N) is 1. The molecule has 0 unspecified atom stereocenters. The van der Waals surface area contributed by atoms with Crippen LogP contribution >= 0.6 is 11.3 Å². The molecule has 0 aliphatic carbocycles. The zero-order valence-corrected chi connectivity index (χ0v) is 11.2. The smallest absolute Gasteiger partial charge is 0.254 e. The van der Waals surface area contributed by atoms with Crippen LogP contribution in [0, 0.1) is 0 Å². The van der Waals surface area contributed by atoms with E-state index in [1.165, 1.54) is 16.2 Å². The van der Waals surface area contributed by atoms with E-state index < -0.39 is 0 Å². The second-order valence-corrected chi connectivity index (χ2v) is 4.81. The highest BCUT2D eigenvalue weighted by Gasteiger charge is 2.14. The summed E-state index contributed by atoms with van der Waals surface area (Å²) in [5.74, 6) is -0.448. The molecule has 0 aliphatic heterocycles. The molecule has 1 heterocycles. The third kappa shape index (κ3) is 3.62. The van der Waals surface area contributed by atoms with Crippen LogP contribution in [-0.2, 0) is 4.79 Å². The normalized spacial score (nSPS) is 9.95. The van der Waals surface area contributed by atoms with Crippen molar-refractivity contribution in [2.45, 2.75) is 0 Å². The molecular weight excluding hydrogens is 262 g/mol. The lowest BCUT2D eigenvalue weighted by Gasteiger charge is -2.16. The number of anilines is 1. The van der Waals surface area contributed by atoms with E-state index in [0.717, 1.165) is 0 Å². The molecule has 1 aromatic carbocycles. The number of hydrogen-bond acceptors (Lipinski definition) is 4. The number of likely N-dealkylation sites (N-methyl/N-ethyl adjacent to an activating group) is 1. The number of amides is 2. The minimum atomic E-state index is -0.262. The van der Waals surface area contributed by atoms with E-state index in [0.29, 0.717) is 10.7 Å². The SMILES string of the molecule is CN(CC(=O)Nc1nccs1)C(=O)c1ccccc1. The van der Waals surface area contributed by atoms with Crippen LogP contribution in [0.1, 0.15) is 10.4 Å². The fraction of sp³-hybridized carbons (Fsp3) is 0.154. The van der Waals surface area contributed by atoms with Crippen molar-refractivity contribution >= 4 is 28.3 Å². The summed E-state index contributed by atoms with van der Waals surface area (Å²) in [6.07, 6.45) is 1.61. The van der Waals surface area contributed by atoms with Crippen LogP contribution in [0.15, 0.2) is 41.9 Å². The number of rotatable bonds is 4. The number of benzene rings is 1. The van der Waals surface area contributed by atoms with Gasteiger partial charge in [-0.1, -0.05) is 18.2 Å². The average molecular weight is 275 g/mol. The topological polar surface area (TPSA) is 62.3 Å². The molecule has 5 nitrogen and oxygen atoms in total. The van der Waals surface area contributed by atoms with Gasteiger partial charge >= 0.3 is 0 Å². The van der Waals surface area contributed by atoms with E-state index >= 15 is 0 Å². The quantitative estimate of drug-likeness (QED) is 0.926. The summed E-state index contributed by atoms with van der Waals surface area (Å²) in [7, 11) is 1.59. The van der Waals surface area contributed by atoms with Crippen LogP contribution in [0.2, 0.25) is 0 Å². The van der Waals surface area contributed by atoms with Gasteiger partial charge in [-0.25, -0.2) is 4.98 Å². The van der Waals surface area contributed by atoms with Gasteiger partial charge in [-0.15, -0.1) is 11.3 Å². The zero-order valence-electron chi connectivity index (χ0n) is 10.4. The zero-order chi connectivity index (χ0) is 13.7. The fourth-order valence-corrected chi connectivity index (χ4v) is 2.08. The molecule has 0 spiro atoms. The largest absolute Gasteiger partial charge is 0.332 e. The van der Waals surface area contributed by atoms with Gasteiger partial charge in [0, 0.05) is 24.2 Å². The first kappa shape index (κ1) is 13.2. The van der Waals surface area contributed by atoms with Crippen molar-refractivity contribution < 1.29 is 9.59 Å². The van der Waals surface area contributed by atoms with Crippen molar-refractivity contribution in [1.29, 1.82) is 0 Å². The molecule has 0 fully saturated rings. The average Bonchev–Trinajstić information content (AvgIpc) is 2.91. The summed E-state index contributed by atoms with van der Waals surface area (Å²) in [6, 6.07) is 8.86. The Morgan fingerprint density at radius 2 is 2.05 bits per heavy atom.